The van der Waals surface area contributed by atoms with Gasteiger partial charge in [-0.05, 0) is 31.5 Å². The lowest BCUT2D eigenvalue weighted by Crippen LogP contribution is -2.31. The standard InChI is InChI=1S/C16H16N4O3S/c1-16(2)6-10-11(8-23-16)24-14-12(10)13(21)18-15(19-14)20-17-7-9-4-3-5-22-9/h3-5,7H,6,8H2,1-2H3,(H2,18,19,20,21). The molecule has 124 valence electrons. The van der Waals surface area contributed by atoms with Crippen molar-refractivity contribution in [2.45, 2.75) is 32.5 Å². The van der Waals surface area contributed by atoms with Crippen LogP contribution in [0.1, 0.15) is 30.0 Å². The first-order valence-corrected chi connectivity index (χ1v) is 8.35. The third-order valence-corrected chi connectivity index (χ3v) is 4.95. The predicted molar refractivity (Wildman–Crippen MR) is 92.7 cm³/mol. The van der Waals surface area contributed by atoms with E-state index in [2.05, 4.69) is 20.5 Å². The van der Waals surface area contributed by atoms with E-state index in [9.17, 15) is 4.79 Å². The average Bonchev–Trinajstić information content (AvgIpc) is 3.13. The number of furan rings is 1. The summed E-state index contributed by atoms with van der Waals surface area (Å²) in [6.07, 6.45) is 3.78. The van der Waals surface area contributed by atoms with Crippen molar-refractivity contribution in [3.05, 3.63) is 45.0 Å². The zero-order valence-electron chi connectivity index (χ0n) is 13.3. The lowest BCUT2D eigenvalue weighted by molar-refractivity contribution is -0.0379. The van der Waals surface area contributed by atoms with Crippen LogP contribution in [0.5, 0.6) is 0 Å². The number of fused-ring (bicyclic) bond motifs is 3. The number of aromatic amines is 1. The maximum Gasteiger partial charge on any atom is 0.261 e. The monoisotopic (exact) mass is 344 g/mol. The van der Waals surface area contributed by atoms with Gasteiger partial charge in [0.05, 0.1) is 30.1 Å². The second-order valence-electron chi connectivity index (χ2n) is 6.21. The largest absolute Gasteiger partial charge is 0.463 e. The Hall–Kier alpha value is -2.45. The molecule has 3 aromatic rings. The minimum absolute atomic E-state index is 0.161. The molecule has 1 aliphatic rings. The van der Waals surface area contributed by atoms with Gasteiger partial charge in [0.15, 0.2) is 0 Å². The fourth-order valence-electron chi connectivity index (χ4n) is 2.73. The summed E-state index contributed by atoms with van der Waals surface area (Å²) >= 11 is 1.49. The topological polar surface area (TPSA) is 92.5 Å². The second kappa shape index (κ2) is 5.57. The van der Waals surface area contributed by atoms with Crippen molar-refractivity contribution >= 4 is 33.7 Å². The number of ether oxygens (including phenoxy) is 1. The third-order valence-electron chi connectivity index (χ3n) is 3.85. The fraction of sp³-hybridized carbons (Fsp3) is 0.312. The Balaban J connectivity index is 1.67. The van der Waals surface area contributed by atoms with Gasteiger partial charge in [-0.25, -0.2) is 10.4 Å². The first kappa shape index (κ1) is 15.1. The van der Waals surface area contributed by atoms with Gasteiger partial charge in [0.1, 0.15) is 10.6 Å². The van der Waals surface area contributed by atoms with E-state index in [4.69, 9.17) is 9.15 Å². The molecule has 0 fully saturated rings. The maximum absolute atomic E-state index is 12.5. The average molecular weight is 344 g/mol. The van der Waals surface area contributed by atoms with Crippen LogP contribution in [0.4, 0.5) is 5.95 Å². The number of aromatic nitrogens is 2. The summed E-state index contributed by atoms with van der Waals surface area (Å²) in [6, 6.07) is 3.55. The van der Waals surface area contributed by atoms with E-state index in [-0.39, 0.29) is 11.2 Å². The highest BCUT2D eigenvalue weighted by Crippen LogP contribution is 2.36. The van der Waals surface area contributed by atoms with Gasteiger partial charge in [-0.2, -0.15) is 5.10 Å². The van der Waals surface area contributed by atoms with E-state index in [1.165, 1.54) is 17.6 Å². The summed E-state index contributed by atoms with van der Waals surface area (Å²) in [4.78, 5) is 21.5. The minimum atomic E-state index is -0.266. The van der Waals surface area contributed by atoms with Crippen molar-refractivity contribution < 1.29 is 9.15 Å². The van der Waals surface area contributed by atoms with Crippen LogP contribution in [0.15, 0.2) is 32.7 Å². The molecule has 0 aromatic carbocycles. The molecule has 0 bridgehead atoms. The summed E-state index contributed by atoms with van der Waals surface area (Å²) in [5.74, 6) is 0.908. The van der Waals surface area contributed by atoms with Crippen molar-refractivity contribution in [1.29, 1.82) is 0 Å². The van der Waals surface area contributed by atoms with E-state index >= 15 is 0 Å². The van der Waals surface area contributed by atoms with Gasteiger partial charge in [0.2, 0.25) is 5.95 Å². The Morgan fingerprint density at radius 2 is 2.38 bits per heavy atom. The molecule has 0 amide bonds. The maximum atomic E-state index is 12.5. The molecule has 24 heavy (non-hydrogen) atoms. The van der Waals surface area contributed by atoms with Crippen LogP contribution >= 0.6 is 11.3 Å². The van der Waals surface area contributed by atoms with Gasteiger partial charge in [0, 0.05) is 11.3 Å². The fourth-order valence-corrected chi connectivity index (χ4v) is 3.83. The highest BCUT2D eigenvalue weighted by Gasteiger charge is 2.30. The van der Waals surface area contributed by atoms with Crippen LogP contribution in [0.25, 0.3) is 10.2 Å². The molecule has 0 saturated carbocycles. The number of anilines is 1. The van der Waals surface area contributed by atoms with Crippen LogP contribution in [-0.4, -0.2) is 21.8 Å². The van der Waals surface area contributed by atoms with Crippen LogP contribution < -0.4 is 11.0 Å². The zero-order valence-corrected chi connectivity index (χ0v) is 14.1. The van der Waals surface area contributed by atoms with Crippen LogP contribution in [-0.2, 0) is 17.8 Å². The van der Waals surface area contributed by atoms with Crippen molar-refractivity contribution in [3.63, 3.8) is 0 Å². The van der Waals surface area contributed by atoms with Crippen LogP contribution in [0, 0.1) is 0 Å². The Labute approximate surface area is 141 Å². The number of rotatable bonds is 3. The number of hydrogen-bond acceptors (Lipinski definition) is 7. The zero-order chi connectivity index (χ0) is 16.7. The summed E-state index contributed by atoms with van der Waals surface area (Å²) in [5, 5.41) is 4.67. The number of H-pyrrole nitrogens is 1. The molecule has 7 nitrogen and oxygen atoms in total. The summed E-state index contributed by atoms with van der Waals surface area (Å²) in [6.45, 7) is 4.57. The third kappa shape index (κ3) is 2.74. The number of hydrogen-bond donors (Lipinski definition) is 2. The van der Waals surface area contributed by atoms with Gasteiger partial charge < -0.3 is 9.15 Å². The lowest BCUT2D eigenvalue weighted by atomic mass is 9.94. The van der Waals surface area contributed by atoms with Crippen molar-refractivity contribution in [3.8, 4) is 0 Å². The van der Waals surface area contributed by atoms with Gasteiger partial charge in [-0.3, -0.25) is 9.78 Å². The first-order chi connectivity index (χ1) is 11.5. The molecule has 4 heterocycles. The van der Waals surface area contributed by atoms with E-state index in [0.29, 0.717) is 35.0 Å². The molecule has 2 N–H and O–H groups in total. The van der Waals surface area contributed by atoms with Gasteiger partial charge >= 0.3 is 0 Å². The van der Waals surface area contributed by atoms with Crippen molar-refractivity contribution in [2.24, 2.45) is 5.10 Å². The predicted octanol–water partition coefficient (Wildman–Crippen LogP) is 2.87. The molecule has 0 atom stereocenters. The number of nitrogens with one attached hydrogen (secondary N) is 2. The van der Waals surface area contributed by atoms with E-state index in [1.54, 1.807) is 18.4 Å². The summed E-state index contributed by atoms with van der Waals surface area (Å²) < 4.78 is 11.0. The quantitative estimate of drug-likeness (QED) is 0.563. The SMILES string of the molecule is CC1(C)Cc2c(sc3nc(NN=Cc4ccco4)[nH]c(=O)c23)CO1. The highest BCUT2D eigenvalue weighted by molar-refractivity contribution is 7.18. The van der Waals surface area contributed by atoms with Gasteiger partial charge in [-0.15, -0.1) is 11.3 Å². The lowest BCUT2D eigenvalue weighted by Gasteiger charge is -2.29. The van der Waals surface area contributed by atoms with Crippen LogP contribution in [0.3, 0.4) is 0 Å². The summed E-state index contributed by atoms with van der Waals surface area (Å²) in [5.41, 5.74) is 3.35. The smallest absolute Gasteiger partial charge is 0.261 e. The number of nitrogens with zero attached hydrogens (tertiary/aromatic N) is 2. The Morgan fingerprint density at radius 3 is 3.17 bits per heavy atom. The molecule has 0 spiro atoms. The van der Waals surface area contributed by atoms with E-state index < -0.39 is 0 Å². The van der Waals surface area contributed by atoms with E-state index in [0.717, 1.165) is 10.4 Å². The molecular weight excluding hydrogens is 328 g/mol. The molecule has 0 aliphatic carbocycles. The Kier molecular flexibility index (Phi) is 3.50. The molecule has 8 heteroatoms. The normalized spacial score (nSPS) is 16.6. The molecule has 0 unspecified atom stereocenters. The first-order valence-electron chi connectivity index (χ1n) is 7.53. The molecule has 4 rings (SSSR count). The second-order valence-corrected chi connectivity index (χ2v) is 7.29. The van der Waals surface area contributed by atoms with Gasteiger partial charge in [-0.1, -0.05) is 0 Å². The Bertz CT molecular complexity index is 969. The van der Waals surface area contributed by atoms with Crippen molar-refractivity contribution in [2.75, 3.05) is 5.43 Å². The molecule has 0 radical (unpaired) electrons. The number of thiophene rings is 1. The van der Waals surface area contributed by atoms with E-state index in [1.807, 2.05) is 13.8 Å². The highest BCUT2D eigenvalue weighted by atomic mass is 32.1. The molecule has 1 aliphatic heterocycles. The number of hydrazone groups is 1. The van der Waals surface area contributed by atoms with Gasteiger partial charge in [0.25, 0.3) is 5.56 Å². The molecular formula is C16H16N4O3S. The Morgan fingerprint density at radius 1 is 1.50 bits per heavy atom. The van der Waals surface area contributed by atoms with Crippen LogP contribution in [0.2, 0.25) is 0 Å². The molecule has 3 aromatic heterocycles. The molecule has 0 saturated heterocycles. The van der Waals surface area contributed by atoms with Crippen molar-refractivity contribution in [1.82, 2.24) is 9.97 Å². The summed E-state index contributed by atoms with van der Waals surface area (Å²) in [7, 11) is 0. The minimum Gasteiger partial charge on any atom is -0.463 e.